The molecule has 1 heterocycles. The van der Waals surface area contributed by atoms with Crippen molar-refractivity contribution in [2.75, 3.05) is 0 Å². The first-order valence-electron chi connectivity index (χ1n) is 5.15. The number of aromatic amines is 1. The summed E-state index contributed by atoms with van der Waals surface area (Å²) in [7, 11) is 0. The van der Waals surface area contributed by atoms with E-state index in [1.807, 2.05) is 0 Å². The lowest BCUT2D eigenvalue weighted by atomic mass is 10.6. The first-order valence-corrected chi connectivity index (χ1v) is 8.42. The van der Waals surface area contributed by atoms with E-state index in [-0.39, 0.29) is 0 Å². The van der Waals surface area contributed by atoms with Crippen LogP contribution in [0.25, 0.3) is 0 Å². The molecule has 0 aliphatic rings. The normalized spacial score (nSPS) is 14.2. The Morgan fingerprint density at radius 1 is 0.440 bits per heavy atom. The Kier molecular flexibility index (Phi) is 6.82. The summed E-state index contributed by atoms with van der Waals surface area (Å²) in [6, 6.07) is 0. The van der Waals surface area contributed by atoms with E-state index in [9.17, 15) is 52.7 Å². The zero-order chi connectivity index (χ0) is 19.8. The van der Waals surface area contributed by atoms with Gasteiger partial charge >= 0.3 is 22.0 Å². The van der Waals surface area contributed by atoms with Crippen molar-refractivity contribution >= 4 is 47.0 Å². The SMILES string of the molecule is FC(F)(F)Sc1[nH]c(SC(F)(F)F)c(SC(F)(F)F)c1SC(F)(F)F. The van der Waals surface area contributed by atoms with E-state index in [0.29, 0.717) is 0 Å². The quantitative estimate of drug-likeness (QED) is 0.365. The van der Waals surface area contributed by atoms with Crippen LogP contribution in [0.3, 0.4) is 0 Å². The fraction of sp³-hybridized carbons (Fsp3) is 0.500. The summed E-state index contributed by atoms with van der Waals surface area (Å²) in [6.45, 7) is 0. The number of nitrogens with one attached hydrogen (secondary N) is 1. The standard InChI is InChI=1S/C8HF12NS4/c9-5(10,11)22-1-2(23-6(12,13)14)4(25-8(18,19)20)21-3(1)24-7(15,16)17/h21H. The predicted octanol–water partition coefficient (Wildman–Crippen LogP) is 7.46. The average molecular weight is 467 g/mol. The lowest BCUT2D eigenvalue weighted by molar-refractivity contribution is -0.0354. The molecule has 25 heavy (non-hydrogen) atoms. The van der Waals surface area contributed by atoms with Crippen LogP contribution in [-0.2, 0) is 0 Å². The van der Waals surface area contributed by atoms with Crippen molar-refractivity contribution in [1.82, 2.24) is 4.98 Å². The Hall–Kier alpha value is -0.160. The summed E-state index contributed by atoms with van der Waals surface area (Å²) in [5, 5.41) is -3.04. The van der Waals surface area contributed by atoms with Crippen LogP contribution in [0.4, 0.5) is 52.7 Å². The average Bonchev–Trinajstić information content (AvgIpc) is 2.49. The number of thioether (sulfide) groups is 4. The van der Waals surface area contributed by atoms with E-state index in [1.165, 1.54) is 4.98 Å². The van der Waals surface area contributed by atoms with E-state index in [2.05, 4.69) is 0 Å². The second-order valence-corrected chi connectivity index (χ2v) is 7.93. The molecule has 0 aliphatic heterocycles. The highest BCUT2D eigenvalue weighted by Gasteiger charge is 2.43. The molecule has 0 atom stereocenters. The maximum atomic E-state index is 12.5. The minimum absolute atomic E-state index is 1.28. The molecule has 0 radical (unpaired) electrons. The van der Waals surface area contributed by atoms with Crippen molar-refractivity contribution in [2.24, 2.45) is 0 Å². The van der Waals surface area contributed by atoms with Crippen molar-refractivity contribution in [2.45, 2.75) is 41.9 Å². The predicted molar refractivity (Wildman–Crippen MR) is 68.4 cm³/mol. The zero-order valence-electron chi connectivity index (χ0n) is 10.7. The summed E-state index contributed by atoms with van der Waals surface area (Å²) in [5.41, 5.74) is -21.1. The number of aromatic nitrogens is 1. The molecule has 0 amide bonds. The molecule has 0 aliphatic carbocycles. The van der Waals surface area contributed by atoms with Crippen LogP contribution in [0.2, 0.25) is 0 Å². The van der Waals surface area contributed by atoms with Crippen LogP contribution in [0.15, 0.2) is 19.8 Å². The number of halogens is 12. The van der Waals surface area contributed by atoms with Crippen LogP contribution in [-0.4, -0.2) is 27.0 Å². The third-order valence-electron chi connectivity index (χ3n) is 1.72. The zero-order valence-corrected chi connectivity index (χ0v) is 13.9. The van der Waals surface area contributed by atoms with E-state index in [4.69, 9.17) is 0 Å². The Labute approximate surface area is 147 Å². The second kappa shape index (κ2) is 7.46. The molecule has 1 aromatic heterocycles. The van der Waals surface area contributed by atoms with Gasteiger partial charge in [-0.05, 0) is 23.5 Å². The van der Waals surface area contributed by atoms with Crippen LogP contribution < -0.4 is 0 Å². The summed E-state index contributed by atoms with van der Waals surface area (Å²) in [5.74, 6) is 0. The Morgan fingerprint density at radius 3 is 0.880 bits per heavy atom. The maximum absolute atomic E-state index is 12.5. The molecule has 1 N–H and O–H groups in total. The van der Waals surface area contributed by atoms with Gasteiger partial charge in [-0.2, -0.15) is 52.7 Å². The van der Waals surface area contributed by atoms with Gasteiger partial charge in [0.25, 0.3) is 0 Å². The fourth-order valence-electron chi connectivity index (χ4n) is 1.21. The molecule has 1 aromatic rings. The summed E-state index contributed by atoms with van der Waals surface area (Å²) < 4.78 is 149. The van der Waals surface area contributed by atoms with E-state index >= 15 is 0 Å². The van der Waals surface area contributed by atoms with Gasteiger partial charge < -0.3 is 4.98 Å². The van der Waals surface area contributed by atoms with Crippen LogP contribution in [0, 0.1) is 0 Å². The van der Waals surface area contributed by atoms with E-state index < -0.39 is 88.9 Å². The summed E-state index contributed by atoms with van der Waals surface area (Å²) in [4.78, 5) is -1.92. The van der Waals surface area contributed by atoms with Gasteiger partial charge in [-0.1, -0.05) is 0 Å². The molecule has 0 aromatic carbocycles. The van der Waals surface area contributed by atoms with Gasteiger partial charge in [-0.25, -0.2) is 0 Å². The Balaban J connectivity index is 3.52. The molecule has 0 spiro atoms. The van der Waals surface area contributed by atoms with Gasteiger partial charge in [0, 0.05) is 23.5 Å². The summed E-state index contributed by atoms with van der Waals surface area (Å²) in [6.07, 6.45) is 0. The van der Waals surface area contributed by atoms with Crippen LogP contribution >= 0.6 is 47.0 Å². The first-order chi connectivity index (χ1) is 10.9. The van der Waals surface area contributed by atoms with Gasteiger partial charge in [-0.15, -0.1) is 0 Å². The van der Waals surface area contributed by atoms with Gasteiger partial charge in [0.1, 0.15) is 0 Å². The van der Waals surface area contributed by atoms with Gasteiger partial charge in [-0.3, -0.25) is 0 Å². The molecule has 0 fully saturated rings. The molecular weight excluding hydrogens is 466 g/mol. The molecule has 0 unspecified atom stereocenters. The lowest BCUT2D eigenvalue weighted by Gasteiger charge is -2.12. The fourth-order valence-corrected chi connectivity index (χ4v) is 4.46. The van der Waals surface area contributed by atoms with Gasteiger partial charge in [0.15, 0.2) is 0 Å². The topological polar surface area (TPSA) is 15.8 Å². The van der Waals surface area contributed by atoms with Gasteiger partial charge in [0.05, 0.1) is 19.8 Å². The lowest BCUT2D eigenvalue weighted by Crippen LogP contribution is -2.04. The van der Waals surface area contributed by atoms with Crippen LogP contribution in [0.5, 0.6) is 0 Å². The highest BCUT2D eigenvalue weighted by molar-refractivity contribution is 8.05. The first kappa shape index (κ1) is 22.9. The minimum Gasteiger partial charge on any atom is -0.343 e. The number of alkyl halides is 12. The molecule has 17 heteroatoms. The molecular formula is C8HF12NS4. The molecule has 0 bridgehead atoms. The van der Waals surface area contributed by atoms with Crippen molar-refractivity contribution < 1.29 is 52.7 Å². The largest absolute Gasteiger partial charge is 0.447 e. The van der Waals surface area contributed by atoms with E-state index in [1.54, 1.807) is 0 Å². The van der Waals surface area contributed by atoms with Gasteiger partial charge in [0.2, 0.25) is 0 Å². The third-order valence-corrected chi connectivity index (χ3v) is 5.28. The molecule has 0 saturated heterocycles. The monoisotopic (exact) mass is 467 g/mol. The molecule has 1 rings (SSSR count). The summed E-state index contributed by atoms with van der Waals surface area (Å²) >= 11 is -5.31. The number of rotatable bonds is 4. The van der Waals surface area contributed by atoms with Crippen molar-refractivity contribution in [3.05, 3.63) is 0 Å². The molecule has 1 nitrogen and oxygen atoms in total. The van der Waals surface area contributed by atoms with Crippen LogP contribution in [0.1, 0.15) is 0 Å². The van der Waals surface area contributed by atoms with Crippen molar-refractivity contribution in [3.8, 4) is 0 Å². The Bertz CT molecular complexity index is 544. The van der Waals surface area contributed by atoms with E-state index in [0.717, 1.165) is 0 Å². The highest BCUT2D eigenvalue weighted by atomic mass is 32.2. The third kappa shape index (κ3) is 8.85. The highest BCUT2D eigenvalue weighted by Crippen LogP contribution is 2.56. The number of hydrogen-bond donors (Lipinski definition) is 1. The maximum Gasteiger partial charge on any atom is 0.447 e. The minimum atomic E-state index is -5.33. The molecule has 146 valence electrons. The number of hydrogen-bond acceptors (Lipinski definition) is 4. The number of H-pyrrole nitrogens is 1. The Morgan fingerprint density at radius 2 is 0.680 bits per heavy atom. The van der Waals surface area contributed by atoms with Crippen molar-refractivity contribution in [1.29, 1.82) is 0 Å². The van der Waals surface area contributed by atoms with Crippen molar-refractivity contribution in [3.63, 3.8) is 0 Å². The molecule has 0 saturated carbocycles. The second-order valence-electron chi connectivity index (χ2n) is 3.63. The smallest absolute Gasteiger partial charge is 0.343 e.